The number of benzene rings is 1. The summed E-state index contributed by atoms with van der Waals surface area (Å²) < 4.78 is 16.4. The number of hydrogen-bond donors (Lipinski definition) is 1. The van der Waals surface area contributed by atoms with Crippen molar-refractivity contribution in [3.63, 3.8) is 0 Å². The van der Waals surface area contributed by atoms with Crippen molar-refractivity contribution < 1.29 is 14.2 Å². The molecule has 1 N–H and O–H groups in total. The van der Waals surface area contributed by atoms with Gasteiger partial charge in [-0.2, -0.15) is 4.98 Å². The molecule has 0 unspecified atom stereocenters. The molecule has 6 nitrogen and oxygen atoms in total. The largest absolute Gasteiger partial charge is 0.493 e. The first kappa shape index (κ1) is 17.8. The van der Waals surface area contributed by atoms with Crippen molar-refractivity contribution in [3.8, 4) is 17.4 Å². The van der Waals surface area contributed by atoms with Gasteiger partial charge < -0.3 is 19.5 Å². The van der Waals surface area contributed by atoms with E-state index in [1.807, 2.05) is 25.1 Å². The molecule has 24 heavy (non-hydrogen) atoms. The van der Waals surface area contributed by atoms with Crippen LogP contribution in [0.4, 0.5) is 5.95 Å². The van der Waals surface area contributed by atoms with Gasteiger partial charge in [0.05, 0.1) is 26.9 Å². The lowest BCUT2D eigenvalue weighted by atomic mass is 10.1. The molecule has 1 aromatic carbocycles. The number of anilines is 1. The fraction of sp³-hybridized carbons (Fsp3) is 0.444. The van der Waals surface area contributed by atoms with Crippen LogP contribution in [0.2, 0.25) is 0 Å². The van der Waals surface area contributed by atoms with E-state index in [4.69, 9.17) is 14.2 Å². The van der Waals surface area contributed by atoms with Crippen LogP contribution in [0.3, 0.4) is 0 Å². The second-order valence-electron chi connectivity index (χ2n) is 5.90. The summed E-state index contributed by atoms with van der Waals surface area (Å²) in [6.45, 7) is 6.91. The van der Waals surface area contributed by atoms with Gasteiger partial charge in [-0.3, -0.25) is 0 Å². The maximum absolute atomic E-state index is 5.79. The molecule has 1 heterocycles. The summed E-state index contributed by atoms with van der Waals surface area (Å²) in [5.74, 6) is 2.96. The Balaban J connectivity index is 2.12. The zero-order chi connectivity index (χ0) is 17.5. The van der Waals surface area contributed by atoms with E-state index >= 15 is 0 Å². The monoisotopic (exact) mass is 331 g/mol. The summed E-state index contributed by atoms with van der Waals surface area (Å²) in [7, 11) is 3.22. The van der Waals surface area contributed by atoms with Crippen LogP contribution in [-0.2, 0) is 0 Å². The summed E-state index contributed by atoms with van der Waals surface area (Å²) in [4.78, 5) is 8.47. The summed E-state index contributed by atoms with van der Waals surface area (Å²) in [6.07, 6.45) is 1.66. The molecule has 6 heteroatoms. The molecule has 0 radical (unpaired) electrons. The highest BCUT2D eigenvalue weighted by Crippen LogP contribution is 2.31. The van der Waals surface area contributed by atoms with E-state index in [1.165, 1.54) is 0 Å². The van der Waals surface area contributed by atoms with Crippen molar-refractivity contribution >= 4 is 5.95 Å². The van der Waals surface area contributed by atoms with Crippen molar-refractivity contribution in [2.45, 2.75) is 26.8 Å². The zero-order valence-corrected chi connectivity index (χ0v) is 14.9. The number of rotatable bonds is 8. The predicted octanol–water partition coefficient (Wildman–Crippen LogP) is 3.70. The lowest BCUT2D eigenvalue weighted by Gasteiger charge is -2.17. The quantitative estimate of drug-likeness (QED) is 0.795. The number of nitrogens with zero attached hydrogens (tertiary/aromatic N) is 2. The third kappa shape index (κ3) is 4.75. The molecule has 1 aromatic heterocycles. The second kappa shape index (κ2) is 8.38. The van der Waals surface area contributed by atoms with Gasteiger partial charge in [0.15, 0.2) is 11.5 Å². The van der Waals surface area contributed by atoms with Gasteiger partial charge in [0.1, 0.15) is 0 Å². The standard InChI is InChI=1S/C18H25N3O3/c1-12(2)11-24-15-7-6-14(10-16(15)22-4)13(3)20-18-19-9-8-17(21-18)23-5/h6-10,12-13H,11H2,1-5H3,(H,19,20,21)/t13-/m0/s1. The van der Waals surface area contributed by atoms with E-state index in [0.29, 0.717) is 30.1 Å². The van der Waals surface area contributed by atoms with Gasteiger partial charge in [0.25, 0.3) is 0 Å². The minimum Gasteiger partial charge on any atom is -0.493 e. The molecule has 0 bridgehead atoms. The molecular formula is C18H25N3O3. The minimum absolute atomic E-state index is 0.00477. The number of nitrogens with one attached hydrogen (secondary N) is 1. The molecule has 0 aliphatic heterocycles. The fourth-order valence-electron chi connectivity index (χ4n) is 2.13. The summed E-state index contributed by atoms with van der Waals surface area (Å²) in [5.41, 5.74) is 1.05. The maximum Gasteiger partial charge on any atom is 0.226 e. The lowest BCUT2D eigenvalue weighted by Crippen LogP contribution is -2.10. The molecule has 0 saturated heterocycles. The highest BCUT2D eigenvalue weighted by Gasteiger charge is 2.12. The van der Waals surface area contributed by atoms with Crippen molar-refractivity contribution in [1.29, 1.82) is 0 Å². The summed E-state index contributed by atoms with van der Waals surface area (Å²) in [5, 5.41) is 3.26. The van der Waals surface area contributed by atoms with E-state index in [0.717, 1.165) is 11.3 Å². The maximum atomic E-state index is 5.79. The van der Waals surface area contributed by atoms with E-state index in [1.54, 1.807) is 26.5 Å². The molecule has 1 atom stereocenters. The predicted molar refractivity (Wildman–Crippen MR) is 93.9 cm³/mol. The molecule has 0 aliphatic rings. The number of aromatic nitrogens is 2. The Hall–Kier alpha value is -2.50. The Morgan fingerprint density at radius 2 is 1.83 bits per heavy atom. The first-order chi connectivity index (χ1) is 11.5. The van der Waals surface area contributed by atoms with Crippen molar-refractivity contribution in [3.05, 3.63) is 36.0 Å². The summed E-state index contributed by atoms with van der Waals surface area (Å²) in [6, 6.07) is 7.62. The fourth-order valence-corrected chi connectivity index (χ4v) is 2.13. The van der Waals surface area contributed by atoms with Crippen LogP contribution in [0.15, 0.2) is 30.5 Å². The van der Waals surface area contributed by atoms with E-state index in [2.05, 4.69) is 29.1 Å². The van der Waals surface area contributed by atoms with Crippen LogP contribution in [0.5, 0.6) is 17.4 Å². The van der Waals surface area contributed by atoms with E-state index in [-0.39, 0.29) is 6.04 Å². The van der Waals surface area contributed by atoms with Gasteiger partial charge in [0.2, 0.25) is 11.8 Å². The molecule has 0 aliphatic carbocycles. The molecule has 2 aromatic rings. The Morgan fingerprint density at radius 3 is 2.50 bits per heavy atom. The zero-order valence-electron chi connectivity index (χ0n) is 14.9. The number of ether oxygens (including phenoxy) is 3. The van der Waals surface area contributed by atoms with Gasteiger partial charge in [-0.25, -0.2) is 4.98 Å². The highest BCUT2D eigenvalue weighted by molar-refractivity contribution is 5.45. The van der Waals surface area contributed by atoms with E-state index < -0.39 is 0 Å². The Labute approximate surface area is 143 Å². The van der Waals surface area contributed by atoms with Crippen molar-refractivity contribution in [1.82, 2.24) is 9.97 Å². The first-order valence-corrected chi connectivity index (χ1v) is 7.97. The third-order valence-electron chi connectivity index (χ3n) is 3.44. The van der Waals surface area contributed by atoms with Crippen LogP contribution >= 0.6 is 0 Å². The van der Waals surface area contributed by atoms with Crippen molar-refractivity contribution in [2.75, 3.05) is 26.1 Å². The molecule has 0 spiro atoms. The Kier molecular flexibility index (Phi) is 6.23. The van der Waals surface area contributed by atoms with Crippen LogP contribution in [-0.4, -0.2) is 30.8 Å². The Bertz CT molecular complexity index is 662. The average molecular weight is 331 g/mol. The molecule has 130 valence electrons. The molecular weight excluding hydrogens is 306 g/mol. The smallest absolute Gasteiger partial charge is 0.226 e. The van der Waals surface area contributed by atoms with Crippen LogP contribution in [0.25, 0.3) is 0 Å². The minimum atomic E-state index is 0.00477. The molecule has 2 rings (SSSR count). The second-order valence-corrected chi connectivity index (χ2v) is 5.90. The molecule has 0 fully saturated rings. The molecule has 0 saturated carbocycles. The van der Waals surface area contributed by atoms with Gasteiger partial charge >= 0.3 is 0 Å². The molecule has 0 amide bonds. The van der Waals surface area contributed by atoms with Crippen LogP contribution in [0.1, 0.15) is 32.4 Å². The normalized spacial score (nSPS) is 11.9. The third-order valence-corrected chi connectivity index (χ3v) is 3.44. The SMILES string of the molecule is COc1ccnc(N[C@@H](C)c2ccc(OCC(C)C)c(OC)c2)n1. The first-order valence-electron chi connectivity index (χ1n) is 7.97. The topological polar surface area (TPSA) is 65.5 Å². The van der Waals surface area contributed by atoms with Crippen molar-refractivity contribution in [2.24, 2.45) is 5.92 Å². The number of hydrogen-bond acceptors (Lipinski definition) is 6. The van der Waals surface area contributed by atoms with Crippen LogP contribution in [0, 0.1) is 5.92 Å². The summed E-state index contributed by atoms with van der Waals surface area (Å²) >= 11 is 0. The van der Waals surface area contributed by atoms with Crippen LogP contribution < -0.4 is 19.5 Å². The lowest BCUT2D eigenvalue weighted by molar-refractivity contribution is 0.256. The van der Waals surface area contributed by atoms with Gasteiger partial charge in [-0.05, 0) is 30.5 Å². The highest BCUT2D eigenvalue weighted by atomic mass is 16.5. The van der Waals surface area contributed by atoms with Gasteiger partial charge in [-0.1, -0.05) is 19.9 Å². The van der Waals surface area contributed by atoms with Gasteiger partial charge in [0, 0.05) is 12.3 Å². The Morgan fingerprint density at radius 1 is 1.04 bits per heavy atom. The van der Waals surface area contributed by atoms with E-state index in [9.17, 15) is 0 Å². The van der Waals surface area contributed by atoms with Gasteiger partial charge in [-0.15, -0.1) is 0 Å². The average Bonchev–Trinajstić information content (AvgIpc) is 2.59. The number of methoxy groups -OCH3 is 2.